The lowest BCUT2D eigenvalue weighted by atomic mass is 10.2. The first-order valence-electron chi connectivity index (χ1n) is 4.45. The SMILES string of the molecule is O=C(O)c1ccncc1-n1nc([N+](=O)[O-])nc1Br. The smallest absolute Gasteiger partial charge is 0.478 e. The predicted octanol–water partition coefficient (Wildman–Crippen LogP) is 1.03. The summed E-state index contributed by atoms with van der Waals surface area (Å²) in [5.74, 6) is -1.83. The molecule has 18 heavy (non-hydrogen) atoms. The highest BCUT2D eigenvalue weighted by atomic mass is 79.9. The molecule has 0 saturated heterocycles. The molecular formula is C8H4BrN5O4. The standard InChI is InChI=1S/C8H4BrN5O4/c9-7-11-8(14(17)18)12-13(7)5-3-10-2-1-4(5)6(15)16/h1-3H,(H,15,16). The van der Waals surface area contributed by atoms with Crippen LogP contribution in [0.1, 0.15) is 10.4 Å². The maximum Gasteiger partial charge on any atom is 0.492 e. The molecule has 9 nitrogen and oxygen atoms in total. The van der Waals surface area contributed by atoms with E-state index in [2.05, 4.69) is 31.0 Å². The van der Waals surface area contributed by atoms with Crippen molar-refractivity contribution in [3.05, 3.63) is 38.9 Å². The van der Waals surface area contributed by atoms with E-state index < -0.39 is 16.8 Å². The van der Waals surface area contributed by atoms with Crippen LogP contribution in [0.3, 0.4) is 0 Å². The minimum absolute atomic E-state index is 0.0182. The molecule has 0 aliphatic rings. The van der Waals surface area contributed by atoms with Crippen molar-refractivity contribution in [1.29, 1.82) is 0 Å². The van der Waals surface area contributed by atoms with Gasteiger partial charge in [-0.1, -0.05) is 0 Å². The second kappa shape index (κ2) is 4.49. The number of hydrogen-bond donors (Lipinski definition) is 1. The third-order valence-corrected chi connectivity index (χ3v) is 2.49. The molecule has 2 aromatic heterocycles. The van der Waals surface area contributed by atoms with Gasteiger partial charge >= 0.3 is 11.9 Å². The molecule has 1 N–H and O–H groups in total. The number of carbonyl (C=O) groups is 1. The number of nitro groups is 1. The van der Waals surface area contributed by atoms with Gasteiger partial charge in [0.15, 0.2) is 0 Å². The first-order valence-corrected chi connectivity index (χ1v) is 5.24. The molecule has 2 rings (SSSR count). The molecule has 0 unspecified atom stereocenters. The Morgan fingerprint density at radius 2 is 2.28 bits per heavy atom. The molecular weight excluding hydrogens is 310 g/mol. The van der Waals surface area contributed by atoms with E-state index in [4.69, 9.17) is 5.11 Å². The van der Waals surface area contributed by atoms with Gasteiger partial charge < -0.3 is 15.2 Å². The van der Waals surface area contributed by atoms with Crippen molar-refractivity contribution >= 4 is 27.8 Å². The first kappa shape index (κ1) is 12.1. The van der Waals surface area contributed by atoms with Crippen molar-refractivity contribution in [1.82, 2.24) is 19.7 Å². The summed E-state index contributed by atoms with van der Waals surface area (Å²) in [6.45, 7) is 0. The Labute approximate surface area is 107 Å². The number of aromatic nitrogens is 4. The highest BCUT2D eigenvalue weighted by molar-refractivity contribution is 9.10. The Kier molecular flexibility index (Phi) is 3.02. The summed E-state index contributed by atoms with van der Waals surface area (Å²) in [4.78, 5) is 28.1. The van der Waals surface area contributed by atoms with Crippen molar-refractivity contribution in [3.8, 4) is 5.69 Å². The monoisotopic (exact) mass is 313 g/mol. The molecule has 0 fully saturated rings. The Balaban J connectivity index is 2.62. The van der Waals surface area contributed by atoms with E-state index in [-0.39, 0.29) is 16.0 Å². The highest BCUT2D eigenvalue weighted by Gasteiger charge is 2.24. The summed E-state index contributed by atoms with van der Waals surface area (Å²) in [6, 6.07) is 1.26. The van der Waals surface area contributed by atoms with Crippen LogP contribution in [-0.4, -0.2) is 35.7 Å². The second-order valence-electron chi connectivity index (χ2n) is 3.05. The number of carboxylic acids is 1. The quantitative estimate of drug-likeness (QED) is 0.662. The number of pyridine rings is 1. The van der Waals surface area contributed by atoms with Crippen LogP contribution in [0.15, 0.2) is 23.2 Å². The van der Waals surface area contributed by atoms with Crippen LogP contribution < -0.4 is 0 Å². The molecule has 10 heteroatoms. The lowest BCUT2D eigenvalue weighted by Crippen LogP contribution is -2.07. The topological polar surface area (TPSA) is 124 Å². The summed E-state index contributed by atoms with van der Waals surface area (Å²) < 4.78 is 1.01. The molecule has 0 bridgehead atoms. The number of hydrogen-bond acceptors (Lipinski definition) is 6. The Hall–Kier alpha value is -2.36. The first-order chi connectivity index (χ1) is 8.50. The minimum atomic E-state index is -1.20. The molecule has 0 saturated carbocycles. The second-order valence-corrected chi connectivity index (χ2v) is 3.76. The van der Waals surface area contributed by atoms with Crippen LogP contribution in [0.2, 0.25) is 0 Å². The van der Waals surface area contributed by atoms with Gasteiger partial charge in [0, 0.05) is 27.2 Å². The van der Waals surface area contributed by atoms with E-state index in [1.165, 1.54) is 18.5 Å². The minimum Gasteiger partial charge on any atom is -0.478 e. The number of aromatic carboxylic acids is 1. The fraction of sp³-hybridized carbons (Fsp3) is 0. The van der Waals surface area contributed by atoms with E-state index in [0.717, 1.165) is 4.68 Å². The highest BCUT2D eigenvalue weighted by Crippen LogP contribution is 2.20. The predicted molar refractivity (Wildman–Crippen MR) is 60.5 cm³/mol. The number of halogens is 1. The van der Waals surface area contributed by atoms with Crippen LogP contribution >= 0.6 is 15.9 Å². The summed E-state index contributed by atoms with van der Waals surface area (Å²) >= 11 is 2.97. The maximum atomic E-state index is 11.0. The van der Waals surface area contributed by atoms with Gasteiger partial charge in [-0.05, 0) is 16.0 Å². The fourth-order valence-electron chi connectivity index (χ4n) is 1.25. The third-order valence-electron chi connectivity index (χ3n) is 1.98. The molecule has 0 aliphatic heterocycles. The lowest BCUT2D eigenvalue weighted by molar-refractivity contribution is -0.394. The van der Waals surface area contributed by atoms with Crippen molar-refractivity contribution in [3.63, 3.8) is 0 Å². The van der Waals surface area contributed by atoms with E-state index in [0.29, 0.717) is 0 Å². The summed E-state index contributed by atoms with van der Waals surface area (Å²) in [6.07, 6.45) is 2.53. The van der Waals surface area contributed by atoms with Crippen LogP contribution in [0.25, 0.3) is 5.69 Å². The van der Waals surface area contributed by atoms with Gasteiger partial charge in [-0.3, -0.25) is 4.98 Å². The fourth-order valence-corrected chi connectivity index (χ4v) is 1.68. The van der Waals surface area contributed by atoms with Crippen molar-refractivity contribution in [2.45, 2.75) is 0 Å². The zero-order valence-corrected chi connectivity index (χ0v) is 10.1. The zero-order chi connectivity index (χ0) is 13.3. The van der Waals surface area contributed by atoms with Gasteiger partial charge in [0.1, 0.15) is 5.69 Å². The molecule has 0 radical (unpaired) electrons. The lowest BCUT2D eigenvalue weighted by Gasteiger charge is -2.01. The van der Waals surface area contributed by atoms with Gasteiger partial charge in [0.05, 0.1) is 11.8 Å². The Morgan fingerprint density at radius 1 is 1.56 bits per heavy atom. The average molecular weight is 314 g/mol. The number of rotatable bonds is 3. The zero-order valence-electron chi connectivity index (χ0n) is 8.52. The summed E-state index contributed by atoms with van der Waals surface area (Å²) in [5.41, 5.74) is -0.0111. The van der Waals surface area contributed by atoms with E-state index in [1.54, 1.807) is 0 Å². The molecule has 0 spiro atoms. The van der Waals surface area contributed by atoms with Gasteiger partial charge in [0.2, 0.25) is 0 Å². The molecule has 2 heterocycles. The van der Waals surface area contributed by atoms with Crippen LogP contribution in [0, 0.1) is 10.1 Å². The Morgan fingerprint density at radius 3 is 2.83 bits per heavy atom. The molecule has 92 valence electrons. The average Bonchev–Trinajstić information content (AvgIpc) is 2.71. The van der Waals surface area contributed by atoms with Crippen molar-refractivity contribution in [2.24, 2.45) is 0 Å². The van der Waals surface area contributed by atoms with Gasteiger partial charge in [-0.25, -0.2) is 4.79 Å². The third kappa shape index (κ3) is 2.05. The van der Waals surface area contributed by atoms with Gasteiger partial charge in [-0.2, -0.15) is 0 Å². The molecule has 0 aromatic carbocycles. The molecule has 0 amide bonds. The number of carboxylic acid groups (broad SMARTS) is 1. The van der Waals surface area contributed by atoms with Crippen LogP contribution in [0.5, 0.6) is 0 Å². The maximum absolute atomic E-state index is 11.0. The van der Waals surface area contributed by atoms with E-state index in [1.807, 2.05) is 0 Å². The Bertz CT molecular complexity index is 640. The normalized spacial score (nSPS) is 10.3. The van der Waals surface area contributed by atoms with Gasteiger partial charge in [0.25, 0.3) is 4.73 Å². The summed E-state index contributed by atoms with van der Waals surface area (Å²) in [5, 5.41) is 23.1. The number of nitrogens with zero attached hydrogens (tertiary/aromatic N) is 5. The van der Waals surface area contributed by atoms with Crippen molar-refractivity contribution < 1.29 is 14.8 Å². The van der Waals surface area contributed by atoms with Crippen LogP contribution in [-0.2, 0) is 0 Å². The van der Waals surface area contributed by atoms with Crippen LogP contribution in [0.4, 0.5) is 5.95 Å². The van der Waals surface area contributed by atoms with E-state index in [9.17, 15) is 14.9 Å². The molecule has 0 atom stereocenters. The van der Waals surface area contributed by atoms with Gasteiger partial charge in [-0.15, -0.1) is 4.68 Å². The largest absolute Gasteiger partial charge is 0.492 e. The van der Waals surface area contributed by atoms with Crippen molar-refractivity contribution in [2.75, 3.05) is 0 Å². The van der Waals surface area contributed by atoms with E-state index >= 15 is 0 Å². The molecule has 0 aliphatic carbocycles. The molecule has 2 aromatic rings. The summed E-state index contributed by atoms with van der Waals surface area (Å²) in [7, 11) is 0.